The van der Waals surface area contributed by atoms with E-state index >= 15 is 0 Å². The van der Waals surface area contributed by atoms with Gasteiger partial charge in [0.15, 0.2) is 0 Å². The van der Waals surface area contributed by atoms with Crippen LogP contribution in [0.25, 0.3) is 0 Å². The van der Waals surface area contributed by atoms with Gasteiger partial charge in [-0.05, 0) is 60.6 Å². The number of sulfonamides is 1. The third kappa shape index (κ3) is 4.66. The predicted octanol–water partition coefficient (Wildman–Crippen LogP) is 2.57. The largest absolute Gasteiger partial charge is 0.433 e. The molecular formula is C24H22F4N4O5S. The van der Waals surface area contributed by atoms with E-state index in [1.54, 1.807) is 0 Å². The van der Waals surface area contributed by atoms with Gasteiger partial charge < -0.3 is 4.90 Å². The molecule has 0 aliphatic carbocycles. The molecule has 1 atom stereocenters. The van der Waals surface area contributed by atoms with E-state index in [9.17, 15) is 40.4 Å². The van der Waals surface area contributed by atoms with E-state index < -0.39 is 51.5 Å². The van der Waals surface area contributed by atoms with Gasteiger partial charge in [0, 0.05) is 37.8 Å². The average Bonchev–Trinajstić information content (AvgIpc) is 3.19. The summed E-state index contributed by atoms with van der Waals surface area (Å²) in [7, 11) is -4.10. The van der Waals surface area contributed by atoms with Gasteiger partial charge in [-0.2, -0.15) is 17.5 Å². The van der Waals surface area contributed by atoms with Gasteiger partial charge in [-0.3, -0.25) is 24.7 Å². The van der Waals surface area contributed by atoms with Gasteiger partial charge in [0.25, 0.3) is 5.91 Å². The van der Waals surface area contributed by atoms with Crippen molar-refractivity contribution in [3.8, 4) is 0 Å². The minimum atomic E-state index is -4.69. The summed E-state index contributed by atoms with van der Waals surface area (Å²) in [5, 5.41) is 2.22. The Hall–Kier alpha value is -3.39. The molecule has 3 aliphatic rings. The van der Waals surface area contributed by atoms with Gasteiger partial charge in [-0.1, -0.05) is 0 Å². The first-order valence-corrected chi connectivity index (χ1v) is 13.3. The summed E-state index contributed by atoms with van der Waals surface area (Å²) in [6, 6.07) is 3.05. The summed E-state index contributed by atoms with van der Waals surface area (Å²) in [6.45, 7) is 0.125. The number of nitrogens with zero attached hydrogens (tertiary/aromatic N) is 3. The van der Waals surface area contributed by atoms with Crippen LogP contribution in [0.2, 0.25) is 0 Å². The van der Waals surface area contributed by atoms with Crippen molar-refractivity contribution >= 4 is 27.7 Å². The number of aromatic nitrogens is 1. The number of carbonyl (C=O) groups is 3. The van der Waals surface area contributed by atoms with E-state index in [0.29, 0.717) is 23.4 Å². The first-order chi connectivity index (χ1) is 17.9. The number of imide groups is 1. The number of alkyl halides is 3. The smallest absolute Gasteiger partial charge is 0.322 e. The molecule has 9 nitrogen and oxygen atoms in total. The van der Waals surface area contributed by atoms with Gasteiger partial charge in [0.05, 0.1) is 0 Å². The molecule has 3 aliphatic heterocycles. The molecule has 0 radical (unpaired) electrons. The molecule has 4 heterocycles. The number of nitrogens with one attached hydrogen (secondary N) is 1. The van der Waals surface area contributed by atoms with Gasteiger partial charge >= 0.3 is 6.18 Å². The van der Waals surface area contributed by atoms with Crippen LogP contribution in [-0.2, 0) is 32.3 Å². The highest BCUT2D eigenvalue weighted by Gasteiger charge is 2.41. The first kappa shape index (κ1) is 26.2. The summed E-state index contributed by atoms with van der Waals surface area (Å²) in [5.74, 6) is -2.43. The molecule has 202 valence electrons. The van der Waals surface area contributed by atoms with Gasteiger partial charge in [-0.25, -0.2) is 12.8 Å². The summed E-state index contributed by atoms with van der Waals surface area (Å²) < 4.78 is 80.0. The quantitative estimate of drug-likeness (QED) is 0.459. The minimum Gasteiger partial charge on any atom is -0.322 e. The van der Waals surface area contributed by atoms with Crippen LogP contribution in [0.5, 0.6) is 0 Å². The second kappa shape index (κ2) is 9.42. The molecule has 1 aromatic carbocycles. The second-order valence-electron chi connectivity index (χ2n) is 9.48. The third-order valence-corrected chi connectivity index (χ3v) is 9.10. The zero-order valence-electron chi connectivity index (χ0n) is 19.8. The first-order valence-electron chi connectivity index (χ1n) is 11.9. The Balaban J connectivity index is 1.33. The van der Waals surface area contributed by atoms with Crippen LogP contribution in [0.1, 0.15) is 58.8 Å². The van der Waals surface area contributed by atoms with Crippen LogP contribution in [0.3, 0.4) is 0 Å². The fourth-order valence-corrected chi connectivity index (χ4v) is 6.69. The molecule has 5 rings (SSSR count). The number of amides is 3. The van der Waals surface area contributed by atoms with Crippen LogP contribution in [0.4, 0.5) is 17.6 Å². The number of hydrogen-bond acceptors (Lipinski definition) is 6. The molecule has 2 aromatic rings. The standard InChI is InChI=1S/C24H22F4N4O5S/c25-14-9-16(18-12-32(23(35)17(18)10-14)19-2-4-21(33)30-22(19)34)13-5-7-31(8-6-13)38(36,37)15-1-3-20(29-11-15)24(26,27)28/h1,3,9-11,13,19H,2,4-8,12H2,(H,30,33,34). The highest BCUT2D eigenvalue weighted by molar-refractivity contribution is 7.89. The topological polar surface area (TPSA) is 117 Å². The molecule has 1 N–H and O–H groups in total. The van der Waals surface area contributed by atoms with E-state index in [4.69, 9.17) is 0 Å². The molecule has 3 amide bonds. The molecule has 2 saturated heterocycles. The van der Waals surface area contributed by atoms with E-state index in [2.05, 4.69) is 10.3 Å². The second-order valence-corrected chi connectivity index (χ2v) is 11.4. The molecule has 0 bridgehead atoms. The number of fused-ring (bicyclic) bond motifs is 1. The number of benzene rings is 1. The summed E-state index contributed by atoms with van der Waals surface area (Å²) in [6.07, 6.45) is -3.19. The highest BCUT2D eigenvalue weighted by atomic mass is 32.2. The Morgan fingerprint density at radius 3 is 2.34 bits per heavy atom. The third-order valence-electron chi connectivity index (χ3n) is 7.21. The number of rotatable bonds is 4. The van der Waals surface area contributed by atoms with Gasteiger partial charge in [0.2, 0.25) is 21.8 Å². The van der Waals surface area contributed by atoms with Crippen molar-refractivity contribution in [1.82, 2.24) is 19.5 Å². The van der Waals surface area contributed by atoms with Crippen LogP contribution in [-0.4, -0.2) is 59.5 Å². The maximum atomic E-state index is 14.6. The summed E-state index contributed by atoms with van der Waals surface area (Å²) >= 11 is 0. The number of carbonyl (C=O) groups excluding carboxylic acids is 3. The van der Waals surface area contributed by atoms with Crippen molar-refractivity contribution in [1.29, 1.82) is 0 Å². The summed E-state index contributed by atoms with van der Waals surface area (Å²) in [5.41, 5.74) is 0.0531. The van der Waals surface area contributed by atoms with Crippen molar-refractivity contribution in [2.24, 2.45) is 0 Å². The van der Waals surface area contributed by atoms with Crippen molar-refractivity contribution in [3.63, 3.8) is 0 Å². The Kier molecular flexibility index (Phi) is 6.50. The zero-order valence-corrected chi connectivity index (χ0v) is 20.6. The molecular weight excluding hydrogens is 532 g/mol. The number of piperidine rings is 2. The van der Waals surface area contributed by atoms with Crippen LogP contribution in [0.15, 0.2) is 35.4 Å². The summed E-state index contributed by atoms with van der Waals surface area (Å²) in [4.78, 5) is 41.1. The number of halogens is 4. The lowest BCUT2D eigenvalue weighted by atomic mass is 9.86. The van der Waals surface area contributed by atoms with E-state index in [1.807, 2.05) is 0 Å². The van der Waals surface area contributed by atoms with E-state index in [0.717, 1.165) is 16.4 Å². The molecule has 0 spiro atoms. The van der Waals surface area contributed by atoms with Crippen molar-refractivity contribution in [2.75, 3.05) is 13.1 Å². The van der Waals surface area contributed by atoms with E-state index in [1.165, 1.54) is 11.0 Å². The normalized spacial score (nSPS) is 21.5. The maximum absolute atomic E-state index is 14.6. The van der Waals surface area contributed by atoms with Crippen molar-refractivity contribution in [2.45, 2.75) is 55.3 Å². The molecule has 1 aromatic heterocycles. The number of hydrogen-bond donors (Lipinski definition) is 1. The molecule has 1 unspecified atom stereocenters. The lowest BCUT2D eigenvalue weighted by Gasteiger charge is -2.32. The highest BCUT2D eigenvalue weighted by Crippen LogP contribution is 2.38. The Labute approximate surface area is 214 Å². The fraction of sp³-hybridized carbons (Fsp3) is 0.417. The SMILES string of the molecule is O=C1CCC(N2Cc3c(cc(F)cc3C3CCN(S(=O)(=O)c4ccc(C(F)(F)F)nc4)CC3)C2=O)C(=O)N1. The predicted molar refractivity (Wildman–Crippen MR) is 122 cm³/mol. The lowest BCUT2D eigenvalue weighted by Crippen LogP contribution is -2.52. The minimum absolute atomic E-state index is 0.0319. The van der Waals surface area contributed by atoms with Crippen LogP contribution in [0, 0.1) is 5.82 Å². The van der Waals surface area contributed by atoms with E-state index in [-0.39, 0.29) is 61.7 Å². The molecule has 38 heavy (non-hydrogen) atoms. The monoisotopic (exact) mass is 554 g/mol. The van der Waals surface area contributed by atoms with Gasteiger partial charge in [0.1, 0.15) is 22.4 Å². The fourth-order valence-electron chi connectivity index (χ4n) is 5.27. The zero-order chi connectivity index (χ0) is 27.4. The lowest BCUT2D eigenvalue weighted by molar-refractivity contribution is -0.141. The average molecular weight is 555 g/mol. The van der Waals surface area contributed by atoms with Crippen molar-refractivity contribution in [3.05, 3.63) is 58.7 Å². The van der Waals surface area contributed by atoms with Crippen LogP contribution < -0.4 is 5.32 Å². The Bertz CT molecular complexity index is 1420. The Morgan fingerprint density at radius 1 is 1.03 bits per heavy atom. The maximum Gasteiger partial charge on any atom is 0.433 e. The molecule has 0 saturated carbocycles. The Morgan fingerprint density at radius 2 is 1.74 bits per heavy atom. The molecule has 2 fully saturated rings. The van der Waals surface area contributed by atoms with Crippen LogP contribution >= 0.6 is 0 Å². The van der Waals surface area contributed by atoms with Gasteiger partial charge in [-0.15, -0.1) is 0 Å². The molecule has 14 heteroatoms. The van der Waals surface area contributed by atoms with Crippen molar-refractivity contribution < 1.29 is 40.4 Å². The number of pyridine rings is 1.